The van der Waals surface area contributed by atoms with Crippen molar-refractivity contribution in [2.45, 2.75) is 53.2 Å². The summed E-state index contributed by atoms with van der Waals surface area (Å²) >= 11 is 0. The standard InChI is InChI=1S/C23H25N5O3/c1-13(2)19-10-17(18-11-24-28(14(3)4)22(18)25-19)23(29)30-12-20-26-21(27-31-20)16-9-7-6-8-15(16)5/h6-11,13-14H,12H2,1-5H3. The third-order valence-corrected chi connectivity index (χ3v) is 5.07. The summed E-state index contributed by atoms with van der Waals surface area (Å²) in [5.41, 5.74) is 3.82. The van der Waals surface area contributed by atoms with E-state index in [4.69, 9.17) is 14.2 Å². The molecule has 3 heterocycles. The number of nitrogens with zero attached hydrogens (tertiary/aromatic N) is 5. The van der Waals surface area contributed by atoms with Crippen LogP contribution in [0, 0.1) is 6.92 Å². The van der Waals surface area contributed by atoms with Crippen LogP contribution in [0.15, 0.2) is 41.1 Å². The summed E-state index contributed by atoms with van der Waals surface area (Å²) in [6.45, 7) is 9.97. The molecule has 0 amide bonds. The van der Waals surface area contributed by atoms with Gasteiger partial charge in [0, 0.05) is 17.3 Å². The number of ether oxygens (including phenoxy) is 1. The minimum absolute atomic E-state index is 0.114. The Labute approximate surface area is 180 Å². The molecule has 4 rings (SSSR count). The fourth-order valence-electron chi connectivity index (χ4n) is 3.33. The van der Waals surface area contributed by atoms with Crippen LogP contribution in [0.3, 0.4) is 0 Å². The van der Waals surface area contributed by atoms with Crippen LogP contribution in [0.1, 0.15) is 67.2 Å². The van der Waals surface area contributed by atoms with Gasteiger partial charge in [-0.3, -0.25) is 0 Å². The first-order chi connectivity index (χ1) is 14.8. The highest BCUT2D eigenvalue weighted by atomic mass is 16.6. The van der Waals surface area contributed by atoms with E-state index in [0.717, 1.165) is 16.8 Å². The molecular weight excluding hydrogens is 394 g/mol. The van der Waals surface area contributed by atoms with Gasteiger partial charge in [-0.1, -0.05) is 43.3 Å². The van der Waals surface area contributed by atoms with Crippen LogP contribution < -0.4 is 0 Å². The van der Waals surface area contributed by atoms with Crippen molar-refractivity contribution >= 4 is 17.0 Å². The number of aromatic nitrogens is 5. The maximum atomic E-state index is 12.9. The van der Waals surface area contributed by atoms with Gasteiger partial charge in [-0.25, -0.2) is 14.5 Å². The van der Waals surface area contributed by atoms with E-state index in [-0.39, 0.29) is 24.5 Å². The van der Waals surface area contributed by atoms with Crippen molar-refractivity contribution < 1.29 is 14.1 Å². The molecule has 0 saturated heterocycles. The van der Waals surface area contributed by atoms with Gasteiger partial charge in [0.1, 0.15) is 0 Å². The average Bonchev–Trinajstić information content (AvgIpc) is 3.38. The van der Waals surface area contributed by atoms with Crippen molar-refractivity contribution in [1.82, 2.24) is 24.9 Å². The van der Waals surface area contributed by atoms with E-state index in [1.54, 1.807) is 12.3 Å². The third-order valence-electron chi connectivity index (χ3n) is 5.07. The first kappa shape index (κ1) is 20.7. The minimum atomic E-state index is -0.478. The largest absolute Gasteiger partial charge is 0.452 e. The smallest absolute Gasteiger partial charge is 0.339 e. The Hall–Kier alpha value is -3.55. The lowest BCUT2D eigenvalue weighted by atomic mass is 10.1. The number of esters is 1. The van der Waals surface area contributed by atoms with Crippen molar-refractivity contribution in [1.29, 1.82) is 0 Å². The second-order valence-corrected chi connectivity index (χ2v) is 8.07. The Morgan fingerprint density at radius 2 is 1.94 bits per heavy atom. The normalized spacial score (nSPS) is 11.6. The molecule has 0 aliphatic rings. The molecule has 160 valence electrons. The van der Waals surface area contributed by atoms with Gasteiger partial charge < -0.3 is 9.26 Å². The third kappa shape index (κ3) is 4.05. The number of hydrogen-bond donors (Lipinski definition) is 0. The molecule has 0 aliphatic carbocycles. The summed E-state index contributed by atoms with van der Waals surface area (Å²) in [5, 5.41) is 9.08. The summed E-state index contributed by atoms with van der Waals surface area (Å²) in [4.78, 5) is 22.0. The predicted molar refractivity (Wildman–Crippen MR) is 116 cm³/mol. The highest BCUT2D eigenvalue weighted by Crippen LogP contribution is 2.25. The van der Waals surface area contributed by atoms with Gasteiger partial charge in [-0.2, -0.15) is 10.1 Å². The lowest BCUT2D eigenvalue weighted by Gasteiger charge is -2.11. The van der Waals surface area contributed by atoms with E-state index in [1.165, 1.54) is 0 Å². The second-order valence-electron chi connectivity index (χ2n) is 8.07. The number of benzene rings is 1. The van der Waals surface area contributed by atoms with Crippen molar-refractivity contribution in [2.75, 3.05) is 0 Å². The second kappa shape index (κ2) is 8.29. The monoisotopic (exact) mass is 419 g/mol. The van der Waals surface area contributed by atoms with Gasteiger partial charge >= 0.3 is 5.97 Å². The maximum absolute atomic E-state index is 12.9. The summed E-state index contributed by atoms with van der Waals surface area (Å²) < 4.78 is 12.6. The van der Waals surface area contributed by atoms with E-state index in [2.05, 4.69) is 15.2 Å². The van der Waals surface area contributed by atoms with Gasteiger partial charge in [0.25, 0.3) is 5.89 Å². The molecule has 1 aromatic carbocycles. The Morgan fingerprint density at radius 3 is 2.65 bits per heavy atom. The zero-order chi connectivity index (χ0) is 22.1. The van der Waals surface area contributed by atoms with Crippen LogP contribution in [0.4, 0.5) is 0 Å². The molecule has 0 radical (unpaired) electrons. The molecule has 0 N–H and O–H groups in total. The van der Waals surface area contributed by atoms with E-state index in [1.807, 2.05) is 63.6 Å². The first-order valence-electron chi connectivity index (χ1n) is 10.3. The number of pyridine rings is 1. The van der Waals surface area contributed by atoms with Crippen molar-refractivity contribution in [2.24, 2.45) is 0 Å². The summed E-state index contributed by atoms with van der Waals surface area (Å²) in [6, 6.07) is 9.65. The molecule has 0 unspecified atom stereocenters. The van der Waals surface area contributed by atoms with E-state index >= 15 is 0 Å². The van der Waals surface area contributed by atoms with Crippen molar-refractivity contribution in [3.05, 3.63) is 59.2 Å². The Balaban J connectivity index is 1.59. The maximum Gasteiger partial charge on any atom is 0.339 e. The molecule has 0 aliphatic heterocycles. The summed E-state index contributed by atoms with van der Waals surface area (Å²) in [6.07, 6.45) is 1.66. The minimum Gasteiger partial charge on any atom is -0.452 e. The van der Waals surface area contributed by atoms with Gasteiger partial charge in [0.05, 0.1) is 17.1 Å². The van der Waals surface area contributed by atoms with Crippen molar-refractivity contribution in [3.8, 4) is 11.4 Å². The molecule has 4 aromatic rings. The predicted octanol–water partition coefficient (Wildman–Crippen LogP) is 4.85. The molecule has 0 fully saturated rings. The molecule has 8 heteroatoms. The van der Waals surface area contributed by atoms with Gasteiger partial charge in [-0.15, -0.1) is 0 Å². The Kier molecular flexibility index (Phi) is 5.54. The fraction of sp³-hybridized carbons (Fsp3) is 0.348. The number of rotatable bonds is 6. The molecule has 31 heavy (non-hydrogen) atoms. The van der Waals surface area contributed by atoms with Crippen LogP contribution in [-0.4, -0.2) is 30.9 Å². The van der Waals surface area contributed by atoms with E-state index in [0.29, 0.717) is 22.4 Å². The lowest BCUT2D eigenvalue weighted by molar-refractivity contribution is 0.0432. The van der Waals surface area contributed by atoms with Crippen LogP contribution in [-0.2, 0) is 11.3 Å². The Bertz CT molecular complexity index is 1240. The summed E-state index contributed by atoms with van der Waals surface area (Å²) in [7, 11) is 0. The van der Waals surface area contributed by atoms with Gasteiger partial charge in [-0.05, 0) is 38.3 Å². The van der Waals surface area contributed by atoms with Crippen LogP contribution in [0.2, 0.25) is 0 Å². The number of aryl methyl sites for hydroxylation is 1. The van der Waals surface area contributed by atoms with Crippen molar-refractivity contribution in [3.63, 3.8) is 0 Å². The zero-order valence-electron chi connectivity index (χ0n) is 18.3. The number of carbonyl (C=O) groups is 1. The molecule has 0 atom stereocenters. The first-order valence-corrected chi connectivity index (χ1v) is 10.3. The van der Waals surface area contributed by atoms with E-state index < -0.39 is 5.97 Å². The van der Waals surface area contributed by atoms with Crippen LogP contribution >= 0.6 is 0 Å². The molecule has 0 bridgehead atoms. The molecular formula is C23H25N5O3. The molecule has 3 aromatic heterocycles. The van der Waals surface area contributed by atoms with E-state index in [9.17, 15) is 4.79 Å². The number of hydrogen-bond acceptors (Lipinski definition) is 7. The Morgan fingerprint density at radius 1 is 1.16 bits per heavy atom. The molecule has 0 saturated carbocycles. The SMILES string of the molecule is Cc1ccccc1-c1noc(COC(=O)c2cc(C(C)C)nc3c2cnn3C(C)C)n1. The quantitative estimate of drug-likeness (QED) is 0.412. The van der Waals surface area contributed by atoms with Gasteiger partial charge in [0.2, 0.25) is 5.82 Å². The zero-order valence-corrected chi connectivity index (χ0v) is 18.3. The summed E-state index contributed by atoms with van der Waals surface area (Å²) in [5.74, 6) is 0.377. The van der Waals surface area contributed by atoms with Gasteiger partial charge in [0.15, 0.2) is 12.3 Å². The average molecular weight is 419 g/mol. The van der Waals surface area contributed by atoms with Crippen LogP contribution in [0.25, 0.3) is 22.4 Å². The van der Waals surface area contributed by atoms with Crippen LogP contribution in [0.5, 0.6) is 0 Å². The molecule has 8 nitrogen and oxygen atoms in total. The number of carbonyl (C=O) groups excluding carboxylic acids is 1. The fourth-order valence-corrected chi connectivity index (χ4v) is 3.33. The number of fused-ring (bicyclic) bond motifs is 1. The highest BCUT2D eigenvalue weighted by molar-refractivity contribution is 6.02. The highest BCUT2D eigenvalue weighted by Gasteiger charge is 2.21. The lowest BCUT2D eigenvalue weighted by Crippen LogP contribution is -2.10. The molecule has 0 spiro atoms. The topological polar surface area (TPSA) is 95.9 Å².